The molecule has 19 heavy (non-hydrogen) atoms. The van der Waals surface area contributed by atoms with Gasteiger partial charge >= 0.3 is 6.18 Å². The molecule has 1 aliphatic rings. The summed E-state index contributed by atoms with van der Waals surface area (Å²) in [5, 5.41) is 2.38. The lowest BCUT2D eigenvalue weighted by atomic mass is 9.82. The predicted molar refractivity (Wildman–Crippen MR) is 68.7 cm³/mol. The van der Waals surface area contributed by atoms with Crippen molar-refractivity contribution in [3.05, 3.63) is 0 Å². The Balaban J connectivity index is 2.73. The second-order valence-corrected chi connectivity index (χ2v) is 7.69. The molecule has 0 bridgehead atoms. The smallest absolute Gasteiger partial charge is 0.314 e. The lowest BCUT2D eigenvalue weighted by Crippen LogP contribution is -2.43. The molecule has 1 saturated carbocycles. The molecular weight excluding hydrogens is 279 g/mol. The van der Waals surface area contributed by atoms with Crippen molar-refractivity contribution >= 4 is 9.84 Å². The summed E-state index contributed by atoms with van der Waals surface area (Å²) in [4.78, 5) is 0. The number of hydrogen-bond acceptors (Lipinski definition) is 3. The lowest BCUT2D eigenvalue weighted by Gasteiger charge is -2.34. The Labute approximate surface area is 112 Å². The van der Waals surface area contributed by atoms with Gasteiger partial charge in [-0.1, -0.05) is 13.3 Å². The van der Waals surface area contributed by atoms with Crippen LogP contribution < -0.4 is 5.32 Å². The number of nitrogens with one attached hydrogen (secondary N) is 1. The van der Waals surface area contributed by atoms with E-state index in [-0.39, 0.29) is 5.92 Å². The average Bonchev–Trinajstić information content (AvgIpc) is 2.26. The minimum atomic E-state index is -4.22. The first-order chi connectivity index (χ1) is 8.63. The molecule has 1 rings (SSSR count). The van der Waals surface area contributed by atoms with E-state index in [1.165, 1.54) is 6.26 Å². The average molecular weight is 301 g/mol. The molecule has 3 nitrogen and oxygen atoms in total. The van der Waals surface area contributed by atoms with Gasteiger partial charge in [0.1, 0.15) is 9.84 Å². The van der Waals surface area contributed by atoms with Gasteiger partial charge in [-0.2, -0.15) is 13.2 Å². The van der Waals surface area contributed by atoms with E-state index in [0.29, 0.717) is 32.2 Å². The molecule has 0 aromatic rings. The Hall–Kier alpha value is -0.300. The maximum absolute atomic E-state index is 12.6. The van der Waals surface area contributed by atoms with Gasteiger partial charge in [-0.15, -0.1) is 0 Å². The molecule has 0 amide bonds. The summed E-state index contributed by atoms with van der Waals surface area (Å²) in [6.45, 7) is 2.22. The van der Waals surface area contributed by atoms with Crippen LogP contribution in [0.3, 0.4) is 0 Å². The Morgan fingerprint density at radius 3 is 2.42 bits per heavy atom. The highest BCUT2D eigenvalue weighted by molar-refractivity contribution is 7.91. The quantitative estimate of drug-likeness (QED) is 0.849. The predicted octanol–water partition coefficient (Wildman–Crippen LogP) is 2.52. The summed E-state index contributed by atoms with van der Waals surface area (Å²) >= 11 is 0. The highest BCUT2D eigenvalue weighted by atomic mass is 32.2. The SMILES string of the molecule is CCNC(CC(F)(F)F)C1CCCC(S(C)(=O)=O)C1. The van der Waals surface area contributed by atoms with Crippen molar-refractivity contribution in [1.82, 2.24) is 5.32 Å². The molecule has 7 heteroatoms. The zero-order chi connectivity index (χ0) is 14.7. The van der Waals surface area contributed by atoms with E-state index >= 15 is 0 Å². The van der Waals surface area contributed by atoms with Crippen LogP contribution in [0, 0.1) is 5.92 Å². The molecule has 0 aromatic carbocycles. The molecular formula is C12H22F3NO2S. The number of rotatable bonds is 5. The van der Waals surface area contributed by atoms with E-state index in [1.54, 1.807) is 6.92 Å². The van der Waals surface area contributed by atoms with Crippen LogP contribution in [-0.4, -0.2) is 38.7 Å². The number of hydrogen-bond donors (Lipinski definition) is 1. The minimum Gasteiger partial charge on any atom is -0.314 e. The van der Waals surface area contributed by atoms with Crippen molar-refractivity contribution in [1.29, 1.82) is 0 Å². The molecule has 1 fully saturated rings. The van der Waals surface area contributed by atoms with Gasteiger partial charge in [0.05, 0.1) is 11.7 Å². The maximum atomic E-state index is 12.6. The fraction of sp³-hybridized carbons (Fsp3) is 1.00. The van der Waals surface area contributed by atoms with E-state index in [1.807, 2.05) is 0 Å². The summed E-state index contributed by atoms with van der Waals surface area (Å²) in [6, 6.07) is -0.672. The van der Waals surface area contributed by atoms with Crippen LogP contribution in [0.15, 0.2) is 0 Å². The molecule has 3 unspecified atom stereocenters. The first-order valence-corrected chi connectivity index (χ1v) is 8.58. The van der Waals surface area contributed by atoms with Gasteiger partial charge < -0.3 is 5.32 Å². The Morgan fingerprint density at radius 2 is 1.95 bits per heavy atom. The molecule has 0 aromatic heterocycles. The Morgan fingerprint density at radius 1 is 1.32 bits per heavy atom. The summed E-state index contributed by atoms with van der Waals surface area (Å²) in [5.74, 6) is -0.213. The zero-order valence-corrected chi connectivity index (χ0v) is 12.1. The molecule has 1 N–H and O–H groups in total. The molecule has 3 atom stereocenters. The topological polar surface area (TPSA) is 46.2 Å². The van der Waals surface area contributed by atoms with E-state index in [4.69, 9.17) is 0 Å². The summed E-state index contributed by atoms with van der Waals surface area (Å²) in [7, 11) is -3.16. The van der Waals surface area contributed by atoms with Gasteiger partial charge in [0, 0.05) is 12.3 Å². The van der Waals surface area contributed by atoms with Gasteiger partial charge in [-0.3, -0.25) is 0 Å². The summed E-state index contributed by atoms with van der Waals surface area (Å²) < 4.78 is 60.8. The number of halogens is 3. The standard InChI is InChI=1S/C12H22F3NO2S/c1-3-16-11(8-12(13,14)15)9-5-4-6-10(7-9)19(2,17)18/h9-11,16H,3-8H2,1-2H3. The lowest BCUT2D eigenvalue weighted by molar-refractivity contribution is -0.143. The maximum Gasteiger partial charge on any atom is 0.390 e. The molecule has 114 valence electrons. The second kappa shape index (κ2) is 6.43. The van der Waals surface area contributed by atoms with Crippen molar-refractivity contribution in [2.45, 2.75) is 56.5 Å². The van der Waals surface area contributed by atoms with Crippen LogP contribution in [-0.2, 0) is 9.84 Å². The fourth-order valence-electron chi connectivity index (χ4n) is 2.85. The van der Waals surface area contributed by atoms with Crippen molar-refractivity contribution < 1.29 is 21.6 Å². The Kier molecular flexibility index (Phi) is 5.67. The van der Waals surface area contributed by atoms with E-state index in [9.17, 15) is 21.6 Å². The highest BCUT2D eigenvalue weighted by Crippen LogP contribution is 2.34. The minimum absolute atomic E-state index is 0.213. The van der Waals surface area contributed by atoms with Gasteiger partial charge in [0.15, 0.2) is 0 Å². The largest absolute Gasteiger partial charge is 0.390 e. The van der Waals surface area contributed by atoms with Crippen LogP contribution in [0.2, 0.25) is 0 Å². The normalized spacial score (nSPS) is 27.2. The van der Waals surface area contributed by atoms with Crippen molar-refractivity contribution in [3.63, 3.8) is 0 Å². The van der Waals surface area contributed by atoms with Crippen molar-refractivity contribution in [3.8, 4) is 0 Å². The Bertz CT molecular complexity index is 381. The van der Waals surface area contributed by atoms with Gasteiger partial charge in [-0.25, -0.2) is 8.42 Å². The highest BCUT2D eigenvalue weighted by Gasteiger charge is 2.38. The molecule has 0 aliphatic heterocycles. The van der Waals surface area contributed by atoms with Crippen LogP contribution >= 0.6 is 0 Å². The first kappa shape index (κ1) is 16.8. The third-order valence-electron chi connectivity index (χ3n) is 3.76. The van der Waals surface area contributed by atoms with E-state index in [2.05, 4.69) is 5.32 Å². The monoisotopic (exact) mass is 301 g/mol. The van der Waals surface area contributed by atoms with Crippen molar-refractivity contribution in [2.75, 3.05) is 12.8 Å². The molecule has 0 radical (unpaired) electrons. The number of sulfone groups is 1. The zero-order valence-electron chi connectivity index (χ0n) is 11.3. The van der Waals surface area contributed by atoms with Crippen LogP contribution in [0.1, 0.15) is 39.0 Å². The molecule has 1 aliphatic carbocycles. The summed E-state index contributed by atoms with van der Waals surface area (Å²) in [6.07, 6.45) is -1.67. The van der Waals surface area contributed by atoms with Gasteiger partial charge in [0.25, 0.3) is 0 Å². The van der Waals surface area contributed by atoms with Crippen LogP contribution in [0.5, 0.6) is 0 Å². The molecule has 0 heterocycles. The van der Waals surface area contributed by atoms with Crippen LogP contribution in [0.4, 0.5) is 13.2 Å². The molecule has 0 spiro atoms. The second-order valence-electron chi connectivity index (χ2n) is 5.36. The fourth-order valence-corrected chi connectivity index (χ4v) is 4.04. The number of alkyl halides is 3. The molecule has 0 saturated heterocycles. The van der Waals surface area contributed by atoms with Gasteiger partial charge in [0.2, 0.25) is 0 Å². The van der Waals surface area contributed by atoms with E-state index in [0.717, 1.165) is 0 Å². The third-order valence-corrected chi connectivity index (χ3v) is 5.40. The summed E-state index contributed by atoms with van der Waals surface area (Å²) in [5.41, 5.74) is 0. The van der Waals surface area contributed by atoms with Crippen molar-refractivity contribution in [2.24, 2.45) is 5.92 Å². The van der Waals surface area contributed by atoms with Crippen LogP contribution in [0.25, 0.3) is 0 Å². The first-order valence-electron chi connectivity index (χ1n) is 6.62. The van der Waals surface area contributed by atoms with Gasteiger partial charge in [-0.05, 0) is 31.7 Å². The van der Waals surface area contributed by atoms with E-state index < -0.39 is 33.7 Å². The third kappa shape index (κ3) is 5.69.